The van der Waals surface area contributed by atoms with Gasteiger partial charge in [0.1, 0.15) is 0 Å². The van der Waals surface area contributed by atoms with E-state index in [1.165, 1.54) is 5.56 Å². The predicted molar refractivity (Wildman–Crippen MR) is 116 cm³/mol. The summed E-state index contributed by atoms with van der Waals surface area (Å²) < 4.78 is 15.6. The molecule has 0 saturated carbocycles. The highest BCUT2D eigenvalue weighted by molar-refractivity contribution is 5.93. The van der Waals surface area contributed by atoms with Crippen LogP contribution in [0.5, 0.6) is 0 Å². The molecule has 142 valence electrons. The van der Waals surface area contributed by atoms with Gasteiger partial charge in [0, 0.05) is 56.5 Å². The molecule has 0 aliphatic carbocycles. The van der Waals surface area contributed by atoms with Crippen LogP contribution in [0, 0.1) is 0 Å². The van der Waals surface area contributed by atoms with E-state index >= 15 is 4.48 Å². The van der Waals surface area contributed by atoms with E-state index in [0.717, 1.165) is 38.9 Å². The fraction of sp³-hybridized carbons (Fsp3) is 0.208. The van der Waals surface area contributed by atoms with E-state index in [1.807, 2.05) is 80.5 Å². The van der Waals surface area contributed by atoms with Crippen molar-refractivity contribution < 1.29 is 9.27 Å². The van der Waals surface area contributed by atoms with Gasteiger partial charge in [-0.3, -0.25) is 0 Å². The Balaban J connectivity index is 2.00. The Morgan fingerprint density at radius 2 is 1.43 bits per heavy atom. The van der Waals surface area contributed by atoms with Gasteiger partial charge in [-0.2, -0.15) is 0 Å². The molecule has 0 unspecified atom stereocenters. The molecule has 0 N–H and O–H groups in total. The molecule has 0 amide bonds. The third-order valence-corrected chi connectivity index (χ3v) is 5.24. The van der Waals surface area contributed by atoms with E-state index in [4.69, 9.17) is 0 Å². The second-order valence-electron chi connectivity index (χ2n) is 7.66. The summed E-state index contributed by atoms with van der Waals surface area (Å²) in [6.45, 7) is 0. The molecule has 1 aromatic heterocycles. The second-order valence-corrected chi connectivity index (χ2v) is 7.66. The maximum atomic E-state index is 15.6. The minimum absolute atomic E-state index is 0.584. The van der Waals surface area contributed by atoms with Crippen molar-refractivity contribution in [3.8, 4) is 0 Å². The first kappa shape index (κ1) is 18.2. The standard InChI is InChI=1S/C24H25FN3/c1-26(2)20-11-10-18-14-22-19(12-17-8-6-5-7-9-17)13-21(27(3)4)16-24(22)28(25)23(18)15-20/h5-11,13-16H,12H2,1-4H3/q+1. The second kappa shape index (κ2) is 7.12. The van der Waals surface area contributed by atoms with Crippen LogP contribution in [0.25, 0.3) is 21.8 Å². The van der Waals surface area contributed by atoms with Crippen molar-refractivity contribution in [1.29, 1.82) is 0 Å². The summed E-state index contributed by atoms with van der Waals surface area (Å²) in [7, 11) is 7.91. The lowest BCUT2D eigenvalue weighted by Gasteiger charge is -2.15. The summed E-state index contributed by atoms with van der Waals surface area (Å²) in [5.41, 5.74) is 5.49. The lowest BCUT2D eigenvalue weighted by atomic mass is 9.98. The average molecular weight is 374 g/mol. The summed E-state index contributed by atoms with van der Waals surface area (Å²) in [6.07, 6.45) is 0.764. The Kier molecular flexibility index (Phi) is 4.63. The number of fused-ring (bicyclic) bond motifs is 2. The van der Waals surface area contributed by atoms with E-state index in [-0.39, 0.29) is 0 Å². The first-order chi connectivity index (χ1) is 13.4. The molecule has 0 bridgehead atoms. The number of nitrogens with zero attached hydrogens (tertiary/aromatic N) is 3. The first-order valence-corrected chi connectivity index (χ1v) is 9.44. The van der Waals surface area contributed by atoms with Gasteiger partial charge in [0.2, 0.25) is 0 Å². The van der Waals surface area contributed by atoms with Gasteiger partial charge in [0.15, 0.2) is 0 Å². The van der Waals surface area contributed by atoms with Crippen molar-refractivity contribution in [2.45, 2.75) is 6.42 Å². The number of halogens is 1. The topological polar surface area (TPSA) is 10.4 Å². The average Bonchev–Trinajstić information content (AvgIpc) is 2.69. The molecule has 0 aliphatic rings. The van der Waals surface area contributed by atoms with Crippen LogP contribution in [0.2, 0.25) is 0 Å². The van der Waals surface area contributed by atoms with E-state index in [0.29, 0.717) is 11.0 Å². The molecule has 3 aromatic carbocycles. The van der Waals surface area contributed by atoms with Crippen molar-refractivity contribution in [2.75, 3.05) is 38.0 Å². The SMILES string of the molecule is CN(C)c1ccc2cc3c(Cc4ccccc4)cc(N(C)C)cc3[n+](F)c2c1. The van der Waals surface area contributed by atoms with Crippen molar-refractivity contribution in [1.82, 2.24) is 0 Å². The number of hydrogen-bond donors (Lipinski definition) is 0. The van der Waals surface area contributed by atoms with Crippen LogP contribution in [0.4, 0.5) is 15.9 Å². The Morgan fingerprint density at radius 3 is 2.11 bits per heavy atom. The van der Waals surface area contributed by atoms with E-state index < -0.39 is 0 Å². The molecule has 4 aromatic rings. The van der Waals surface area contributed by atoms with Crippen LogP contribution in [-0.4, -0.2) is 28.2 Å². The van der Waals surface area contributed by atoms with Gasteiger partial charge in [-0.25, -0.2) is 0 Å². The third kappa shape index (κ3) is 3.26. The maximum Gasteiger partial charge on any atom is 0.263 e. The molecule has 4 rings (SSSR count). The summed E-state index contributed by atoms with van der Waals surface area (Å²) in [6, 6.07) is 22.4. The molecule has 4 heteroatoms. The Morgan fingerprint density at radius 1 is 0.750 bits per heavy atom. The van der Waals surface area contributed by atoms with E-state index in [9.17, 15) is 0 Å². The fourth-order valence-electron chi connectivity index (χ4n) is 3.62. The van der Waals surface area contributed by atoms with E-state index in [1.54, 1.807) is 0 Å². The highest BCUT2D eigenvalue weighted by atomic mass is 19.2. The monoisotopic (exact) mass is 374 g/mol. The minimum Gasteiger partial charge on any atom is -0.377 e. The molecule has 0 radical (unpaired) electrons. The number of aromatic nitrogens is 1. The lowest BCUT2D eigenvalue weighted by Crippen LogP contribution is -2.26. The smallest absolute Gasteiger partial charge is 0.263 e. The zero-order valence-electron chi connectivity index (χ0n) is 16.8. The number of hydrogen-bond acceptors (Lipinski definition) is 2. The zero-order chi connectivity index (χ0) is 19.8. The number of anilines is 2. The van der Waals surface area contributed by atoms with Crippen molar-refractivity contribution >= 4 is 33.2 Å². The van der Waals surface area contributed by atoms with Crippen molar-refractivity contribution in [3.63, 3.8) is 0 Å². The number of rotatable bonds is 4. The lowest BCUT2D eigenvalue weighted by molar-refractivity contribution is -0.800. The molecule has 28 heavy (non-hydrogen) atoms. The van der Waals surface area contributed by atoms with Crippen molar-refractivity contribution in [3.05, 3.63) is 77.9 Å². The van der Waals surface area contributed by atoms with Crippen LogP contribution in [-0.2, 0) is 6.42 Å². The fourth-order valence-corrected chi connectivity index (χ4v) is 3.62. The van der Waals surface area contributed by atoms with Crippen molar-refractivity contribution in [2.24, 2.45) is 0 Å². The predicted octanol–water partition coefficient (Wildman–Crippen LogP) is 4.74. The number of pyridine rings is 1. The summed E-state index contributed by atoms with van der Waals surface area (Å²) >= 11 is 0. The summed E-state index contributed by atoms with van der Waals surface area (Å²) in [5, 5.41) is 1.84. The molecule has 0 atom stereocenters. The summed E-state index contributed by atoms with van der Waals surface area (Å²) in [4.78, 5) is 4.84. The number of benzene rings is 3. The highest BCUT2D eigenvalue weighted by Gasteiger charge is 2.21. The molecule has 1 heterocycles. The first-order valence-electron chi connectivity index (χ1n) is 9.44. The molecular weight excluding hydrogens is 349 g/mol. The highest BCUT2D eigenvalue weighted by Crippen LogP contribution is 2.29. The van der Waals surface area contributed by atoms with Gasteiger partial charge in [-0.15, -0.1) is 0 Å². The van der Waals surface area contributed by atoms with Crippen LogP contribution in [0.15, 0.2) is 66.7 Å². The zero-order valence-corrected chi connectivity index (χ0v) is 16.8. The van der Waals surface area contributed by atoms with Crippen LogP contribution >= 0.6 is 0 Å². The van der Waals surface area contributed by atoms with Gasteiger partial charge in [0.25, 0.3) is 11.0 Å². The van der Waals surface area contributed by atoms with Gasteiger partial charge in [0.05, 0.1) is 15.3 Å². The summed E-state index contributed by atoms with van der Waals surface area (Å²) in [5.74, 6) is 0. The van der Waals surface area contributed by atoms with E-state index in [2.05, 4.69) is 24.3 Å². The molecule has 0 fully saturated rings. The normalized spacial score (nSPS) is 11.2. The molecule has 0 spiro atoms. The van der Waals surface area contributed by atoms with Gasteiger partial charge < -0.3 is 9.80 Å². The minimum atomic E-state index is 0.584. The van der Waals surface area contributed by atoms with Gasteiger partial charge >= 0.3 is 0 Å². The maximum absolute atomic E-state index is 15.6. The molecular formula is C24H25FN3+. The molecule has 0 saturated heterocycles. The molecule has 0 aliphatic heterocycles. The quantitative estimate of drug-likeness (QED) is 0.478. The third-order valence-electron chi connectivity index (χ3n) is 5.24. The largest absolute Gasteiger partial charge is 0.377 e. The molecule has 3 nitrogen and oxygen atoms in total. The van der Waals surface area contributed by atoms with Gasteiger partial charge in [-0.1, -0.05) is 30.3 Å². The Hall–Kier alpha value is -3.14. The van der Waals surface area contributed by atoms with Crippen LogP contribution in [0.3, 0.4) is 0 Å². The Labute approximate surface area is 165 Å². The van der Waals surface area contributed by atoms with Crippen LogP contribution < -0.4 is 14.6 Å². The van der Waals surface area contributed by atoms with Gasteiger partial charge in [-0.05, 0) is 41.8 Å². The van der Waals surface area contributed by atoms with Crippen LogP contribution in [0.1, 0.15) is 11.1 Å². The Bertz CT molecular complexity index is 1150.